The maximum atomic E-state index is 6.08. The van der Waals surface area contributed by atoms with Crippen LogP contribution >= 0.6 is 23.8 Å². The molecule has 0 aliphatic carbocycles. The lowest BCUT2D eigenvalue weighted by Gasteiger charge is -2.28. The smallest absolute Gasteiger partial charge is 0.232 e. The molecule has 3 rings (SSSR count). The van der Waals surface area contributed by atoms with Gasteiger partial charge in [-0.15, -0.1) is 0 Å². The van der Waals surface area contributed by atoms with Crippen molar-refractivity contribution in [1.82, 2.24) is 15.3 Å². The van der Waals surface area contributed by atoms with Crippen LogP contribution in [-0.4, -0.2) is 41.4 Å². The molecule has 1 aliphatic heterocycles. The highest BCUT2D eigenvalue weighted by Crippen LogP contribution is 2.19. The van der Waals surface area contributed by atoms with Crippen LogP contribution < -0.4 is 15.5 Å². The fourth-order valence-electron chi connectivity index (χ4n) is 2.14. The molecule has 122 valence electrons. The topological polar surface area (TPSA) is 75.5 Å². The minimum Gasteiger partial charge on any atom is -0.467 e. The minimum atomic E-state index is 0.357. The van der Waals surface area contributed by atoms with Crippen LogP contribution in [0.4, 0.5) is 11.8 Å². The van der Waals surface area contributed by atoms with E-state index in [2.05, 4.69) is 25.5 Å². The number of aromatic nitrogens is 2. The van der Waals surface area contributed by atoms with E-state index in [4.69, 9.17) is 33.0 Å². The Labute approximate surface area is 144 Å². The van der Waals surface area contributed by atoms with E-state index in [1.807, 2.05) is 12.1 Å². The van der Waals surface area contributed by atoms with Crippen molar-refractivity contribution in [2.75, 3.05) is 36.5 Å². The van der Waals surface area contributed by atoms with Gasteiger partial charge in [0, 0.05) is 19.2 Å². The van der Waals surface area contributed by atoms with E-state index in [0.717, 1.165) is 24.7 Å². The van der Waals surface area contributed by atoms with Gasteiger partial charge in [0.05, 0.1) is 26.0 Å². The van der Waals surface area contributed by atoms with E-state index in [-0.39, 0.29) is 0 Å². The summed E-state index contributed by atoms with van der Waals surface area (Å²) in [5.74, 6) is 1.90. The number of nitrogens with zero attached hydrogens (tertiary/aromatic N) is 3. The van der Waals surface area contributed by atoms with Gasteiger partial charge < -0.3 is 24.7 Å². The molecule has 9 heteroatoms. The van der Waals surface area contributed by atoms with Crippen LogP contribution in [0.3, 0.4) is 0 Å². The van der Waals surface area contributed by atoms with Gasteiger partial charge in [0.15, 0.2) is 5.11 Å². The molecular formula is C14H16ClN5O2S. The number of nitrogens with one attached hydrogen (secondary N) is 2. The summed E-state index contributed by atoms with van der Waals surface area (Å²) in [7, 11) is 0. The lowest BCUT2D eigenvalue weighted by atomic mass is 10.4. The third-order valence-corrected chi connectivity index (χ3v) is 3.69. The summed E-state index contributed by atoms with van der Waals surface area (Å²) < 4.78 is 10.6. The van der Waals surface area contributed by atoms with E-state index in [9.17, 15) is 0 Å². The summed E-state index contributed by atoms with van der Waals surface area (Å²) in [6.45, 7) is 3.37. The van der Waals surface area contributed by atoms with Gasteiger partial charge in [-0.25, -0.2) is 4.98 Å². The number of ether oxygens (including phenoxy) is 1. The summed E-state index contributed by atoms with van der Waals surface area (Å²) in [5, 5.41) is 6.72. The first kappa shape index (κ1) is 16.0. The van der Waals surface area contributed by atoms with Crippen LogP contribution in [0.2, 0.25) is 5.15 Å². The number of furan rings is 1. The SMILES string of the molecule is S=C(NCc1ccco1)Nc1nc(Cl)cc(N2CCOCC2)n1. The summed E-state index contributed by atoms with van der Waals surface area (Å²) in [5.41, 5.74) is 0. The molecule has 0 unspecified atom stereocenters. The van der Waals surface area contributed by atoms with Crippen molar-refractivity contribution < 1.29 is 9.15 Å². The molecule has 0 atom stereocenters. The molecule has 0 spiro atoms. The van der Waals surface area contributed by atoms with Crippen molar-refractivity contribution in [3.05, 3.63) is 35.4 Å². The molecule has 0 saturated carbocycles. The Kier molecular flexibility index (Phi) is 5.27. The largest absolute Gasteiger partial charge is 0.467 e. The zero-order chi connectivity index (χ0) is 16.1. The zero-order valence-electron chi connectivity index (χ0n) is 12.3. The van der Waals surface area contributed by atoms with Crippen molar-refractivity contribution in [2.24, 2.45) is 0 Å². The van der Waals surface area contributed by atoms with E-state index in [1.54, 1.807) is 12.3 Å². The molecule has 0 amide bonds. The average molecular weight is 354 g/mol. The molecular weight excluding hydrogens is 338 g/mol. The highest BCUT2D eigenvalue weighted by Gasteiger charge is 2.15. The average Bonchev–Trinajstić information content (AvgIpc) is 3.07. The number of anilines is 2. The van der Waals surface area contributed by atoms with Gasteiger partial charge in [0.25, 0.3) is 0 Å². The van der Waals surface area contributed by atoms with E-state index in [1.165, 1.54) is 0 Å². The Bertz CT molecular complexity index is 661. The first-order valence-corrected chi connectivity index (χ1v) is 7.94. The van der Waals surface area contributed by atoms with Crippen LogP contribution in [0.15, 0.2) is 28.9 Å². The van der Waals surface area contributed by atoms with Crippen molar-refractivity contribution >= 4 is 40.7 Å². The zero-order valence-corrected chi connectivity index (χ0v) is 13.9. The highest BCUT2D eigenvalue weighted by atomic mass is 35.5. The second-order valence-electron chi connectivity index (χ2n) is 4.86. The molecule has 2 aromatic rings. The number of rotatable bonds is 4. The number of morpholine rings is 1. The first-order valence-electron chi connectivity index (χ1n) is 7.15. The van der Waals surface area contributed by atoms with Gasteiger partial charge in [0.2, 0.25) is 5.95 Å². The summed E-state index contributed by atoms with van der Waals surface area (Å²) in [6, 6.07) is 5.42. The number of hydrogen-bond donors (Lipinski definition) is 2. The number of hydrogen-bond acceptors (Lipinski definition) is 6. The molecule has 23 heavy (non-hydrogen) atoms. The molecule has 1 saturated heterocycles. The molecule has 0 aromatic carbocycles. The second kappa shape index (κ2) is 7.58. The lowest BCUT2D eigenvalue weighted by Crippen LogP contribution is -2.37. The normalized spacial score (nSPS) is 14.6. The second-order valence-corrected chi connectivity index (χ2v) is 5.65. The van der Waals surface area contributed by atoms with Crippen LogP contribution in [0.25, 0.3) is 0 Å². The minimum absolute atomic E-state index is 0.357. The Morgan fingerprint density at radius 1 is 1.35 bits per heavy atom. The molecule has 1 aliphatic rings. The molecule has 7 nitrogen and oxygen atoms in total. The Morgan fingerprint density at radius 3 is 2.91 bits per heavy atom. The lowest BCUT2D eigenvalue weighted by molar-refractivity contribution is 0.122. The molecule has 0 bridgehead atoms. The van der Waals surface area contributed by atoms with Crippen LogP contribution in [0.1, 0.15) is 5.76 Å². The standard InChI is InChI=1S/C14H16ClN5O2S/c15-11-8-12(20-3-6-21-7-4-20)18-13(17-11)19-14(23)16-9-10-2-1-5-22-10/h1-2,5,8H,3-4,6-7,9H2,(H2,16,17,18,19,23). The maximum absolute atomic E-state index is 6.08. The van der Waals surface area contributed by atoms with E-state index >= 15 is 0 Å². The van der Waals surface area contributed by atoms with Crippen molar-refractivity contribution in [1.29, 1.82) is 0 Å². The van der Waals surface area contributed by atoms with Gasteiger partial charge in [-0.1, -0.05) is 11.6 Å². The molecule has 3 heterocycles. The fraction of sp³-hybridized carbons (Fsp3) is 0.357. The van der Waals surface area contributed by atoms with Crippen LogP contribution in [-0.2, 0) is 11.3 Å². The molecule has 0 radical (unpaired) electrons. The van der Waals surface area contributed by atoms with Crippen LogP contribution in [0.5, 0.6) is 0 Å². The Balaban J connectivity index is 1.62. The maximum Gasteiger partial charge on any atom is 0.232 e. The van der Waals surface area contributed by atoms with Gasteiger partial charge in [0.1, 0.15) is 16.7 Å². The Morgan fingerprint density at radius 2 is 2.17 bits per heavy atom. The third kappa shape index (κ3) is 4.54. The predicted octanol–water partition coefficient (Wildman–Crippen LogP) is 2.05. The van der Waals surface area contributed by atoms with Gasteiger partial charge in [-0.05, 0) is 24.4 Å². The van der Waals surface area contributed by atoms with E-state index in [0.29, 0.717) is 36.0 Å². The van der Waals surface area contributed by atoms with Gasteiger partial charge in [-0.2, -0.15) is 4.98 Å². The Hall–Kier alpha value is -1.90. The van der Waals surface area contributed by atoms with Crippen molar-refractivity contribution in [3.8, 4) is 0 Å². The predicted molar refractivity (Wildman–Crippen MR) is 91.8 cm³/mol. The number of thiocarbonyl (C=S) groups is 1. The van der Waals surface area contributed by atoms with Crippen molar-refractivity contribution in [2.45, 2.75) is 6.54 Å². The number of halogens is 1. The van der Waals surface area contributed by atoms with Crippen molar-refractivity contribution in [3.63, 3.8) is 0 Å². The summed E-state index contributed by atoms with van der Waals surface area (Å²) in [4.78, 5) is 10.7. The van der Waals surface area contributed by atoms with E-state index < -0.39 is 0 Å². The van der Waals surface area contributed by atoms with Gasteiger partial charge >= 0.3 is 0 Å². The molecule has 2 N–H and O–H groups in total. The molecule has 2 aromatic heterocycles. The molecule has 1 fully saturated rings. The third-order valence-electron chi connectivity index (χ3n) is 3.25. The van der Waals surface area contributed by atoms with Gasteiger partial charge in [-0.3, -0.25) is 0 Å². The quantitative estimate of drug-likeness (QED) is 0.639. The first-order chi connectivity index (χ1) is 11.2. The highest BCUT2D eigenvalue weighted by molar-refractivity contribution is 7.80. The van der Waals surface area contributed by atoms with Crippen LogP contribution in [0, 0.1) is 0 Å². The fourth-order valence-corrected chi connectivity index (χ4v) is 2.48. The monoisotopic (exact) mass is 353 g/mol. The summed E-state index contributed by atoms with van der Waals surface area (Å²) in [6.07, 6.45) is 1.61. The summed E-state index contributed by atoms with van der Waals surface area (Å²) >= 11 is 11.3.